The summed E-state index contributed by atoms with van der Waals surface area (Å²) in [5.41, 5.74) is 2.53. The van der Waals surface area contributed by atoms with Gasteiger partial charge in [-0.05, 0) is 58.1 Å². The Hall–Kier alpha value is -2.80. The van der Waals surface area contributed by atoms with Gasteiger partial charge in [0.25, 0.3) is 5.91 Å². The maximum Gasteiger partial charge on any atom is 0.252 e. The van der Waals surface area contributed by atoms with Gasteiger partial charge in [0.05, 0.1) is 37.1 Å². The van der Waals surface area contributed by atoms with Gasteiger partial charge in [0.2, 0.25) is 0 Å². The van der Waals surface area contributed by atoms with E-state index >= 15 is 0 Å². The van der Waals surface area contributed by atoms with Gasteiger partial charge < -0.3 is 29.2 Å². The topological polar surface area (TPSA) is 93.1 Å². The van der Waals surface area contributed by atoms with E-state index in [0.29, 0.717) is 38.2 Å². The van der Waals surface area contributed by atoms with E-state index in [0.717, 1.165) is 23.2 Å². The van der Waals surface area contributed by atoms with Crippen LogP contribution in [-0.2, 0) is 37.0 Å². The van der Waals surface area contributed by atoms with Crippen molar-refractivity contribution < 1.29 is 23.7 Å². The molecule has 1 N–H and O–H groups in total. The Kier molecular flexibility index (Phi) is 8.86. The van der Waals surface area contributed by atoms with E-state index in [1.54, 1.807) is 12.1 Å². The number of carbonyl (C=O) groups is 1. The Morgan fingerprint density at radius 1 is 1.11 bits per heavy atom. The van der Waals surface area contributed by atoms with Crippen molar-refractivity contribution in [3.05, 3.63) is 70.8 Å². The number of hydrogen-bond acceptors (Lipinski definition) is 7. The van der Waals surface area contributed by atoms with Crippen LogP contribution in [0.1, 0.15) is 48.9 Å². The number of nitrogens with one attached hydrogen (secondary N) is 1. The number of rotatable bonds is 10. The smallest absolute Gasteiger partial charge is 0.252 e. The first-order chi connectivity index (χ1) is 18.1. The van der Waals surface area contributed by atoms with Gasteiger partial charge in [-0.2, -0.15) is 5.26 Å². The Morgan fingerprint density at radius 2 is 1.87 bits per heavy atom. The molecule has 2 fully saturated rings. The summed E-state index contributed by atoms with van der Waals surface area (Å²) in [6.45, 7) is 7.65. The minimum absolute atomic E-state index is 0.161. The van der Waals surface area contributed by atoms with E-state index in [-0.39, 0.29) is 18.1 Å². The van der Waals surface area contributed by atoms with Crippen molar-refractivity contribution in [3.8, 4) is 6.07 Å². The van der Waals surface area contributed by atoms with Crippen molar-refractivity contribution in [1.29, 1.82) is 5.26 Å². The Bertz CT molecular complexity index is 1140. The number of aryl methyl sites for hydroxylation is 1. The number of likely N-dealkylation sites (N-methyl/N-ethyl adjacent to an activating group) is 1. The van der Waals surface area contributed by atoms with Crippen LogP contribution in [0.5, 0.6) is 0 Å². The fourth-order valence-electron chi connectivity index (χ4n) is 5.16. The molecule has 2 aromatic carbocycles. The van der Waals surface area contributed by atoms with Crippen molar-refractivity contribution in [2.24, 2.45) is 0 Å². The number of carbonyl (C=O) groups excluding carboxylic acids is 1. The zero-order chi connectivity index (χ0) is 27.3. The molecule has 4 rings (SSSR count). The number of nitriles is 1. The van der Waals surface area contributed by atoms with Crippen LogP contribution in [-0.4, -0.2) is 67.7 Å². The zero-order valence-corrected chi connectivity index (χ0v) is 23.0. The van der Waals surface area contributed by atoms with E-state index in [9.17, 15) is 4.79 Å². The molecule has 4 atom stereocenters. The lowest BCUT2D eigenvalue weighted by Gasteiger charge is -2.43. The van der Waals surface area contributed by atoms with Crippen LogP contribution in [0.2, 0.25) is 0 Å². The Balaban J connectivity index is 1.58. The van der Waals surface area contributed by atoms with Gasteiger partial charge in [0.15, 0.2) is 11.4 Å². The van der Waals surface area contributed by atoms with Crippen molar-refractivity contribution in [2.45, 2.75) is 76.5 Å². The summed E-state index contributed by atoms with van der Waals surface area (Å²) < 4.78 is 25.5. The monoisotopic (exact) mass is 521 g/mol. The van der Waals surface area contributed by atoms with Crippen molar-refractivity contribution in [2.75, 3.05) is 27.2 Å². The van der Waals surface area contributed by atoms with E-state index in [1.165, 1.54) is 0 Å². The lowest BCUT2D eigenvalue weighted by molar-refractivity contribution is -0.183. The predicted octanol–water partition coefficient (Wildman–Crippen LogP) is 3.70. The highest BCUT2D eigenvalue weighted by molar-refractivity contribution is 5.85. The second-order valence-corrected chi connectivity index (χ2v) is 11.0. The summed E-state index contributed by atoms with van der Waals surface area (Å²) in [7, 11) is 3.94. The number of amides is 1. The SMILES string of the molecule is Cc1cccc(CO[C@]2(C(=O)NCCN(C)C)CC(OCc3ccc(C#N)cc3)[C@@H]3OC(C)(C)O[C@@H]3C2)c1. The molecule has 38 heavy (non-hydrogen) atoms. The number of hydrogen-bond donors (Lipinski definition) is 1. The average Bonchev–Trinajstić information content (AvgIpc) is 3.19. The summed E-state index contributed by atoms with van der Waals surface area (Å²) in [5.74, 6) is -0.954. The van der Waals surface area contributed by atoms with E-state index in [4.69, 9.17) is 24.2 Å². The highest BCUT2D eigenvalue weighted by atomic mass is 16.8. The summed E-state index contributed by atoms with van der Waals surface area (Å²) in [4.78, 5) is 15.8. The molecule has 1 saturated carbocycles. The van der Waals surface area contributed by atoms with Crippen LogP contribution >= 0.6 is 0 Å². The molecule has 0 aromatic heterocycles. The van der Waals surface area contributed by atoms with E-state index in [2.05, 4.69) is 17.5 Å². The van der Waals surface area contributed by atoms with E-state index in [1.807, 2.05) is 70.1 Å². The van der Waals surface area contributed by atoms with Gasteiger partial charge in [0, 0.05) is 25.9 Å². The zero-order valence-electron chi connectivity index (χ0n) is 23.0. The minimum atomic E-state index is -1.14. The Labute approximate surface area is 225 Å². The number of ether oxygens (including phenoxy) is 4. The molecule has 1 saturated heterocycles. The first kappa shape index (κ1) is 28.2. The predicted molar refractivity (Wildman–Crippen MR) is 143 cm³/mol. The van der Waals surface area contributed by atoms with Crippen LogP contribution in [0, 0.1) is 18.3 Å². The molecule has 2 aromatic rings. The maximum atomic E-state index is 13.8. The fourth-order valence-corrected chi connectivity index (χ4v) is 5.16. The number of benzene rings is 2. The summed E-state index contributed by atoms with van der Waals surface area (Å²) in [6, 6.07) is 17.5. The molecule has 8 nitrogen and oxygen atoms in total. The normalized spacial score (nSPS) is 26.1. The van der Waals surface area contributed by atoms with Gasteiger partial charge in [-0.3, -0.25) is 4.79 Å². The second kappa shape index (κ2) is 11.9. The van der Waals surface area contributed by atoms with Crippen LogP contribution < -0.4 is 5.32 Å². The maximum absolute atomic E-state index is 13.8. The lowest BCUT2D eigenvalue weighted by atomic mass is 9.78. The van der Waals surface area contributed by atoms with Crippen molar-refractivity contribution >= 4 is 5.91 Å². The average molecular weight is 522 g/mol. The summed E-state index contributed by atoms with van der Waals surface area (Å²) >= 11 is 0. The summed E-state index contributed by atoms with van der Waals surface area (Å²) in [6.07, 6.45) is -0.403. The third-order valence-electron chi connectivity index (χ3n) is 7.05. The van der Waals surface area contributed by atoms with Gasteiger partial charge in [-0.15, -0.1) is 0 Å². The van der Waals surface area contributed by atoms with Crippen LogP contribution in [0.15, 0.2) is 48.5 Å². The molecular formula is C30H39N3O5. The number of fused-ring (bicyclic) bond motifs is 1. The standard InChI is InChI=1S/C30H39N3O5/c1-21-7-6-8-24(15-21)20-36-30(28(34)32-13-14-33(4)5)16-25(27-26(17-30)37-29(2,3)38-27)35-19-23-11-9-22(18-31)10-12-23/h6-12,15,25-27H,13-14,16-17,19-20H2,1-5H3,(H,32,34)/t25?,26-,27+,30-/m1/s1. The van der Waals surface area contributed by atoms with Crippen LogP contribution in [0.4, 0.5) is 0 Å². The second-order valence-electron chi connectivity index (χ2n) is 11.0. The van der Waals surface area contributed by atoms with Crippen molar-refractivity contribution in [1.82, 2.24) is 10.2 Å². The molecule has 0 bridgehead atoms. The van der Waals surface area contributed by atoms with E-state index < -0.39 is 17.5 Å². The van der Waals surface area contributed by atoms with Gasteiger partial charge in [-0.25, -0.2) is 0 Å². The molecule has 1 heterocycles. The Morgan fingerprint density at radius 3 is 2.55 bits per heavy atom. The number of nitrogens with zero attached hydrogens (tertiary/aromatic N) is 2. The molecule has 1 aliphatic heterocycles. The van der Waals surface area contributed by atoms with Crippen molar-refractivity contribution in [3.63, 3.8) is 0 Å². The molecule has 8 heteroatoms. The third kappa shape index (κ3) is 6.99. The third-order valence-corrected chi connectivity index (χ3v) is 7.05. The highest BCUT2D eigenvalue weighted by Gasteiger charge is 2.58. The molecule has 1 amide bonds. The molecular weight excluding hydrogens is 482 g/mol. The molecule has 1 unspecified atom stereocenters. The largest absolute Gasteiger partial charge is 0.371 e. The molecule has 1 aliphatic carbocycles. The molecule has 0 spiro atoms. The first-order valence-corrected chi connectivity index (χ1v) is 13.2. The van der Waals surface area contributed by atoms with Gasteiger partial charge in [0.1, 0.15) is 6.10 Å². The molecule has 0 radical (unpaired) electrons. The van der Waals surface area contributed by atoms with Crippen LogP contribution in [0.3, 0.4) is 0 Å². The fraction of sp³-hybridized carbons (Fsp3) is 0.533. The lowest BCUT2D eigenvalue weighted by Crippen LogP contribution is -2.60. The highest BCUT2D eigenvalue weighted by Crippen LogP contribution is 2.44. The van der Waals surface area contributed by atoms with Gasteiger partial charge in [-0.1, -0.05) is 42.0 Å². The van der Waals surface area contributed by atoms with Gasteiger partial charge >= 0.3 is 0 Å². The van der Waals surface area contributed by atoms with Crippen LogP contribution in [0.25, 0.3) is 0 Å². The quantitative estimate of drug-likeness (QED) is 0.510. The molecule has 204 valence electrons. The summed E-state index contributed by atoms with van der Waals surface area (Å²) in [5, 5.41) is 12.2. The first-order valence-electron chi connectivity index (χ1n) is 13.2. The molecule has 2 aliphatic rings. The minimum Gasteiger partial charge on any atom is -0.371 e.